The highest BCUT2D eigenvalue weighted by Gasteiger charge is 2.14. The number of aryl methyl sites for hydroxylation is 2. The predicted molar refractivity (Wildman–Crippen MR) is 70.2 cm³/mol. The highest BCUT2D eigenvalue weighted by atomic mass is 32.2. The summed E-state index contributed by atoms with van der Waals surface area (Å²) in [4.78, 5) is 20.8. The normalized spacial score (nSPS) is 10.7. The second-order valence-electron chi connectivity index (χ2n) is 3.33. The molecule has 0 aliphatic carbocycles. The van der Waals surface area contributed by atoms with Gasteiger partial charge < -0.3 is 5.11 Å². The minimum absolute atomic E-state index is 0.327. The predicted octanol–water partition coefficient (Wildman–Crippen LogP) is 3.21. The second kappa shape index (κ2) is 5.16. The Morgan fingerprint density at radius 2 is 2.24 bits per heavy atom. The van der Waals surface area contributed by atoms with Crippen molar-refractivity contribution in [1.29, 1.82) is 0 Å². The molecule has 2 aromatic rings. The molecule has 0 radical (unpaired) electrons. The largest absolute Gasteiger partial charge is 0.477 e. The van der Waals surface area contributed by atoms with Crippen molar-refractivity contribution >= 4 is 40.4 Å². The maximum atomic E-state index is 10.9. The Balaban J connectivity index is 2.04. The molecule has 0 fully saturated rings. The Bertz CT molecular complexity index is 547. The Hall–Kier alpha value is -0.920. The van der Waals surface area contributed by atoms with Crippen LogP contribution in [0, 0.1) is 13.8 Å². The van der Waals surface area contributed by atoms with E-state index in [1.165, 1.54) is 16.2 Å². The summed E-state index contributed by atoms with van der Waals surface area (Å²) in [5, 5.41) is 9.96. The molecule has 0 atom stereocenters. The van der Waals surface area contributed by atoms with E-state index in [1.807, 2.05) is 13.1 Å². The number of carboxylic acids is 1. The minimum atomic E-state index is -0.902. The molecule has 0 aliphatic heterocycles. The van der Waals surface area contributed by atoms with Crippen LogP contribution in [0.5, 0.6) is 0 Å². The van der Waals surface area contributed by atoms with Gasteiger partial charge in [0, 0.05) is 16.8 Å². The Labute approximate surface area is 111 Å². The highest BCUT2D eigenvalue weighted by Crippen LogP contribution is 2.30. The van der Waals surface area contributed by atoms with Crippen molar-refractivity contribution < 1.29 is 9.90 Å². The lowest BCUT2D eigenvalue weighted by Crippen LogP contribution is -1.94. The molecule has 2 aromatic heterocycles. The lowest BCUT2D eigenvalue weighted by molar-refractivity contribution is 0.0701. The maximum absolute atomic E-state index is 10.9. The number of rotatable bonds is 4. The van der Waals surface area contributed by atoms with E-state index < -0.39 is 5.97 Å². The number of thioether (sulfide) groups is 1. The topological polar surface area (TPSA) is 63.1 Å². The van der Waals surface area contributed by atoms with Gasteiger partial charge in [-0.25, -0.2) is 14.8 Å². The van der Waals surface area contributed by atoms with E-state index in [0.717, 1.165) is 15.1 Å². The number of aromatic carboxylic acids is 1. The first-order chi connectivity index (χ1) is 8.06. The molecule has 0 saturated carbocycles. The Morgan fingerprint density at radius 3 is 2.76 bits per heavy atom. The number of hydrogen-bond acceptors (Lipinski definition) is 6. The number of carbonyl (C=O) groups is 1. The van der Waals surface area contributed by atoms with Gasteiger partial charge in [-0.2, -0.15) is 0 Å². The maximum Gasteiger partial charge on any atom is 0.347 e. The Morgan fingerprint density at radius 1 is 1.47 bits per heavy atom. The van der Waals surface area contributed by atoms with Crippen LogP contribution >= 0.6 is 34.4 Å². The van der Waals surface area contributed by atoms with Gasteiger partial charge >= 0.3 is 5.97 Å². The summed E-state index contributed by atoms with van der Waals surface area (Å²) in [5.74, 6) is -0.113. The van der Waals surface area contributed by atoms with Crippen LogP contribution in [-0.4, -0.2) is 21.0 Å². The molecular formula is C10H10N2O2S3. The van der Waals surface area contributed by atoms with Gasteiger partial charge in [-0.15, -0.1) is 22.7 Å². The molecule has 90 valence electrons. The van der Waals surface area contributed by atoms with Crippen molar-refractivity contribution in [3.63, 3.8) is 0 Å². The van der Waals surface area contributed by atoms with E-state index in [4.69, 9.17) is 5.11 Å². The average Bonchev–Trinajstić information content (AvgIpc) is 2.82. The van der Waals surface area contributed by atoms with Gasteiger partial charge in [-0.05, 0) is 13.8 Å². The summed E-state index contributed by atoms with van der Waals surface area (Å²) in [5.41, 5.74) is 0.588. The summed E-state index contributed by atoms with van der Waals surface area (Å²) in [6.07, 6.45) is 1.85. The van der Waals surface area contributed by atoms with Gasteiger partial charge in [-0.1, -0.05) is 11.8 Å². The quantitative estimate of drug-likeness (QED) is 0.874. The molecule has 0 bridgehead atoms. The smallest absolute Gasteiger partial charge is 0.347 e. The van der Waals surface area contributed by atoms with Gasteiger partial charge in [0.2, 0.25) is 0 Å². The van der Waals surface area contributed by atoms with Crippen LogP contribution < -0.4 is 0 Å². The molecule has 2 heterocycles. The van der Waals surface area contributed by atoms with Crippen LogP contribution in [0.4, 0.5) is 0 Å². The summed E-state index contributed by atoms with van der Waals surface area (Å²) in [6.45, 7) is 3.69. The van der Waals surface area contributed by atoms with E-state index in [9.17, 15) is 4.79 Å². The standard InChI is InChI=1S/C10H10N2O2S3/c1-5-8(9(13)14)17-10(12-5)15-4-7-3-11-6(2)16-7/h3H,4H2,1-2H3,(H,13,14). The minimum Gasteiger partial charge on any atom is -0.477 e. The summed E-state index contributed by atoms with van der Waals surface area (Å²) in [7, 11) is 0. The van der Waals surface area contributed by atoms with E-state index in [1.54, 1.807) is 30.0 Å². The fourth-order valence-corrected chi connectivity index (χ4v) is 4.08. The van der Waals surface area contributed by atoms with Crippen molar-refractivity contribution in [2.45, 2.75) is 23.9 Å². The number of thiazole rings is 2. The van der Waals surface area contributed by atoms with Crippen molar-refractivity contribution in [3.05, 3.63) is 26.7 Å². The SMILES string of the molecule is Cc1ncc(CSc2nc(C)c(C(=O)O)s2)s1. The van der Waals surface area contributed by atoms with E-state index in [2.05, 4.69) is 9.97 Å². The first-order valence-electron chi connectivity index (χ1n) is 4.81. The molecule has 0 aliphatic rings. The number of aromatic nitrogens is 2. The molecule has 0 aromatic carbocycles. The van der Waals surface area contributed by atoms with E-state index in [0.29, 0.717) is 10.6 Å². The number of hydrogen-bond donors (Lipinski definition) is 1. The zero-order chi connectivity index (χ0) is 12.4. The molecule has 0 saturated heterocycles. The van der Waals surface area contributed by atoms with E-state index >= 15 is 0 Å². The van der Waals surface area contributed by atoms with Crippen molar-refractivity contribution in [2.75, 3.05) is 0 Å². The first-order valence-corrected chi connectivity index (χ1v) is 7.43. The number of carboxylic acid groups (broad SMARTS) is 1. The zero-order valence-corrected chi connectivity index (χ0v) is 11.7. The zero-order valence-electron chi connectivity index (χ0n) is 9.26. The summed E-state index contributed by atoms with van der Waals surface area (Å²) < 4.78 is 0.797. The Kier molecular flexibility index (Phi) is 3.80. The van der Waals surface area contributed by atoms with Gasteiger partial charge in [0.25, 0.3) is 0 Å². The van der Waals surface area contributed by atoms with Crippen molar-refractivity contribution in [3.8, 4) is 0 Å². The molecule has 2 rings (SSSR count). The third-order valence-corrected chi connectivity index (χ3v) is 5.41. The third kappa shape index (κ3) is 3.05. The summed E-state index contributed by atoms with van der Waals surface area (Å²) in [6, 6.07) is 0. The molecule has 7 heteroatoms. The van der Waals surface area contributed by atoms with Crippen LogP contribution in [-0.2, 0) is 5.75 Å². The molecule has 4 nitrogen and oxygen atoms in total. The highest BCUT2D eigenvalue weighted by molar-refractivity contribution is 8.00. The van der Waals surface area contributed by atoms with Crippen molar-refractivity contribution in [2.24, 2.45) is 0 Å². The van der Waals surface area contributed by atoms with Gasteiger partial charge in [0.1, 0.15) is 4.88 Å². The van der Waals surface area contributed by atoms with Gasteiger partial charge in [0.05, 0.1) is 10.7 Å². The fourth-order valence-electron chi connectivity index (χ4n) is 1.24. The van der Waals surface area contributed by atoms with Crippen LogP contribution in [0.15, 0.2) is 10.5 Å². The molecule has 0 unspecified atom stereocenters. The molecule has 17 heavy (non-hydrogen) atoms. The fraction of sp³-hybridized carbons (Fsp3) is 0.300. The van der Waals surface area contributed by atoms with Crippen LogP contribution in [0.1, 0.15) is 25.3 Å². The molecule has 1 N–H and O–H groups in total. The second-order valence-corrected chi connectivity index (χ2v) is 6.87. The lowest BCUT2D eigenvalue weighted by atomic mass is 10.4. The molecular weight excluding hydrogens is 276 g/mol. The molecule has 0 spiro atoms. The number of nitrogens with zero attached hydrogens (tertiary/aromatic N) is 2. The average molecular weight is 286 g/mol. The van der Waals surface area contributed by atoms with Crippen LogP contribution in [0.25, 0.3) is 0 Å². The molecule has 0 amide bonds. The van der Waals surface area contributed by atoms with E-state index in [-0.39, 0.29) is 0 Å². The van der Waals surface area contributed by atoms with Crippen LogP contribution in [0.3, 0.4) is 0 Å². The van der Waals surface area contributed by atoms with Gasteiger partial charge in [0.15, 0.2) is 4.34 Å². The van der Waals surface area contributed by atoms with Crippen molar-refractivity contribution in [1.82, 2.24) is 9.97 Å². The monoisotopic (exact) mass is 286 g/mol. The summed E-state index contributed by atoms with van der Waals surface area (Å²) >= 11 is 4.44. The lowest BCUT2D eigenvalue weighted by Gasteiger charge is -1.92. The van der Waals surface area contributed by atoms with Gasteiger partial charge in [-0.3, -0.25) is 0 Å². The third-order valence-electron chi connectivity index (χ3n) is 1.98. The van der Waals surface area contributed by atoms with Crippen LogP contribution in [0.2, 0.25) is 0 Å². The first kappa shape index (κ1) is 12.5.